The monoisotopic (exact) mass is 407 g/mol. The first-order valence-electron chi connectivity index (χ1n) is 7.52. The third kappa shape index (κ3) is 6.14. The van der Waals surface area contributed by atoms with Crippen LogP contribution in [-0.4, -0.2) is 40.1 Å². The van der Waals surface area contributed by atoms with E-state index in [4.69, 9.17) is 0 Å². The molecule has 0 atom stereocenters. The minimum atomic E-state index is -0.800. The minimum Gasteiger partial charge on any atom is -0.505 e. The first-order chi connectivity index (χ1) is 13.3. The van der Waals surface area contributed by atoms with Crippen molar-refractivity contribution in [2.24, 2.45) is 10.3 Å². The summed E-state index contributed by atoms with van der Waals surface area (Å²) in [5, 5.41) is 28.8. The van der Waals surface area contributed by atoms with Gasteiger partial charge in [-0.25, -0.2) is 9.82 Å². The number of phenolic OH excluding ortho intramolecular Hbond substituents is 1. The maximum Gasteiger partial charge on any atom is 0.272 e. The van der Waals surface area contributed by atoms with Gasteiger partial charge in [-0.1, -0.05) is 6.07 Å². The summed E-state index contributed by atoms with van der Waals surface area (Å²) in [4.78, 5) is 44.1. The summed E-state index contributed by atoms with van der Waals surface area (Å²) in [5.74, 6) is -2.71. The molecule has 0 saturated carbocycles. The highest BCUT2D eigenvalue weighted by molar-refractivity contribution is 5.96. The van der Waals surface area contributed by atoms with E-state index in [1.54, 1.807) is 0 Å². The molecule has 12 nitrogen and oxygen atoms in total. The maximum atomic E-state index is 13.1. The number of hydrogen-bond acceptors (Lipinski definition) is 8. The van der Waals surface area contributed by atoms with Crippen LogP contribution in [0.3, 0.4) is 0 Å². The number of rotatable bonds is 7. The number of phenols is 1. The predicted molar refractivity (Wildman–Crippen MR) is 98.3 cm³/mol. The van der Waals surface area contributed by atoms with Gasteiger partial charge >= 0.3 is 0 Å². The number of carbonyl (C=O) groups excluding carboxylic acids is 2. The molecule has 2 aromatic carbocycles. The van der Waals surface area contributed by atoms with Gasteiger partial charge in [0.05, 0.1) is 17.7 Å². The van der Waals surface area contributed by atoms with Gasteiger partial charge in [-0.2, -0.15) is 5.10 Å². The van der Waals surface area contributed by atoms with E-state index >= 15 is 0 Å². The van der Waals surface area contributed by atoms with Gasteiger partial charge in [0.15, 0.2) is 11.4 Å². The van der Waals surface area contributed by atoms with Crippen LogP contribution in [0.4, 0.5) is 15.8 Å². The second kappa shape index (κ2) is 10.2. The van der Waals surface area contributed by atoms with Crippen molar-refractivity contribution in [1.82, 2.24) is 10.7 Å². The number of nitro groups is 1. The molecule has 0 spiro atoms. The van der Waals surface area contributed by atoms with Crippen molar-refractivity contribution in [1.29, 1.82) is 0 Å². The Hall–Kier alpha value is -4.26. The summed E-state index contributed by atoms with van der Waals surface area (Å²) in [6, 6.07) is 6.55. The third-order valence-corrected chi connectivity index (χ3v) is 3.30. The van der Waals surface area contributed by atoms with Crippen molar-refractivity contribution in [2.75, 3.05) is 6.54 Å². The summed E-state index contributed by atoms with van der Waals surface area (Å²) in [6.45, 7) is -0.491. The molecule has 0 aliphatic heterocycles. The van der Waals surface area contributed by atoms with Gasteiger partial charge in [0.25, 0.3) is 17.5 Å². The lowest BCUT2D eigenvalue weighted by molar-refractivity contribution is -0.384. The zero-order valence-electron chi connectivity index (χ0n) is 14.5. The quantitative estimate of drug-likeness (QED) is 0.264. The van der Waals surface area contributed by atoms with E-state index in [9.17, 15) is 34.1 Å². The van der Waals surface area contributed by atoms with Gasteiger partial charge in [0, 0.05) is 23.3 Å². The van der Waals surface area contributed by atoms with Crippen LogP contribution < -0.4 is 10.7 Å². The Morgan fingerprint density at radius 1 is 1.28 bits per heavy atom. The van der Waals surface area contributed by atoms with Crippen molar-refractivity contribution in [3.8, 4) is 5.75 Å². The number of nitroso groups, excluding NO2 is 1. The highest BCUT2D eigenvalue weighted by Gasteiger charge is 2.16. The highest BCUT2D eigenvalue weighted by atomic mass is 19.1. The molecule has 0 aromatic heterocycles. The lowest BCUT2D eigenvalue weighted by Crippen LogP contribution is -2.34. The largest absolute Gasteiger partial charge is 0.505 e. The maximum absolute atomic E-state index is 13.1. The van der Waals surface area contributed by atoms with Crippen LogP contribution >= 0.6 is 0 Å². The van der Waals surface area contributed by atoms with Gasteiger partial charge < -0.3 is 15.9 Å². The number of halogens is 1. The van der Waals surface area contributed by atoms with Crippen LogP contribution in [0.5, 0.6) is 5.75 Å². The van der Waals surface area contributed by atoms with E-state index in [2.05, 4.69) is 15.6 Å². The molecule has 0 unspecified atom stereocenters. The van der Waals surface area contributed by atoms with E-state index in [1.165, 1.54) is 12.1 Å². The van der Waals surface area contributed by atoms with E-state index < -0.39 is 46.2 Å². The molecule has 0 fully saturated rings. The molecule has 2 aromatic rings. The normalized spacial score (nSPS) is 10.1. The van der Waals surface area contributed by atoms with Crippen molar-refractivity contribution in [3.63, 3.8) is 0 Å². The summed E-state index contributed by atoms with van der Waals surface area (Å²) in [6.07, 6.45) is 0.864. The topological polar surface area (TPSA) is 195 Å². The molecule has 0 radical (unpaired) electrons. The zero-order valence-corrected chi connectivity index (χ0v) is 14.5. The van der Waals surface area contributed by atoms with Gasteiger partial charge in [0.1, 0.15) is 5.82 Å². The zero-order chi connectivity index (χ0) is 20.7. The standard InChI is InChI=1S/C16H12FN5O6.H2O/c17-11-3-1-2-9(4-11)16(25)18-8-14(23)20-19-7-10-5-12(22(27)28)6-13(21-26)15(10)24;/h1-7,24H,8H2,(H,18,25)(H,20,23);1H2/b19-7+;. The van der Waals surface area contributed by atoms with Crippen LogP contribution in [0.2, 0.25) is 0 Å². The summed E-state index contributed by atoms with van der Waals surface area (Å²) >= 11 is 0. The average molecular weight is 407 g/mol. The fraction of sp³-hybridized carbons (Fsp3) is 0.0625. The molecule has 0 aliphatic carbocycles. The Kier molecular flexibility index (Phi) is 7.99. The SMILES string of the molecule is O.O=Nc1cc([N+](=O)[O-])cc(/C=N/NC(=O)CNC(=O)c2cccc(F)c2)c1O. The molecular formula is C16H14FN5O7. The lowest BCUT2D eigenvalue weighted by atomic mass is 10.1. The fourth-order valence-corrected chi connectivity index (χ4v) is 2.00. The number of carbonyl (C=O) groups is 2. The minimum absolute atomic E-state index is 0. The summed E-state index contributed by atoms with van der Waals surface area (Å²) in [7, 11) is 0. The molecule has 0 heterocycles. The Morgan fingerprint density at radius 3 is 2.62 bits per heavy atom. The average Bonchev–Trinajstić information content (AvgIpc) is 2.67. The van der Waals surface area contributed by atoms with E-state index in [-0.39, 0.29) is 16.6 Å². The molecule has 0 bridgehead atoms. The molecule has 5 N–H and O–H groups in total. The number of nitrogens with zero attached hydrogens (tertiary/aromatic N) is 3. The number of hydrazone groups is 1. The number of hydrogen-bond donors (Lipinski definition) is 3. The molecule has 29 heavy (non-hydrogen) atoms. The summed E-state index contributed by atoms with van der Waals surface area (Å²) in [5.41, 5.74) is 0.729. The van der Waals surface area contributed by atoms with Gasteiger partial charge in [-0.15, -0.1) is 4.91 Å². The number of nitro benzene ring substituents is 1. The van der Waals surface area contributed by atoms with E-state index in [0.717, 1.165) is 30.5 Å². The smallest absolute Gasteiger partial charge is 0.272 e. The third-order valence-electron chi connectivity index (χ3n) is 3.30. The molecule has 0 aliphatic rings. The predicted octanol–water partition coefficient (Wildman–Crippen LogP) is 0.893. The Morgan fingerprint density at radius 2 is 2.00 bits per heavy atom. The summed E-state index contributed by atoms with van der Waals surface area (Å²) < 4.78 is 13.1. The Labute approximate surface area is 161 Å². The molecule has 2 rings (SSSR count). The van der Waals surface area contributed by atoms with Crippen molar-refractivity contribution < 1.29 is 29.5 Å². The van der Waals surface area contributed by atoms with Crippen molar-refractivity contribution in [3.05, 3.63) is 68.4 Å². The number of benzene rings is 2. The molecular weight excluding hydrogens is 393 g/mol. The number of non-ortho nitro benzene ring substituents is 1. The van der Waals surface area contributed by atoms with E-state index in [0.29, 0.717) is 0 Å². The highest BCUT2D eigenvalue weighted by Crippen LogP contribution is 2.33. The molecule has 0 saturated heterocycles. The molecule has 2 amide bonds. The lowest BCUT2D eigenvalue weighted by Gasteiger charge is -2.04. The first-order valence-corrected chi connectivity index (χ1v) is 7.52. The molecule has 152 valence electrons. The van der Waals surface area contributed by atoms with E-state index in [1.807, 2.05) is 5.43 Å². The number of nitrogens with one attached hydrogen (secondary N) is 2. The second-order valence-corrected chi connectivity index (χ2v) is 5.24. The van der Waals surface area contributed by atoms with Gasteiger partial charge in [0.2, 0.25) is 0 Å². The Bertz CT molecular complexity index is 980. The van der Waals surface area contributed by atoms with Gasteiger partial charge in [-0.3, -0.25) is 19.7 Å². The van der Waals surface area contributed by atoms with Crippen LogP contribution in [0, 0.1) is 20.8 Å². The Balaban J connectivity index is 0.00000420. The molecule has 13 heteroatoms. The number of amides is 2. The van der Waals surface area contributed by atoms with Crippen molar-refractivity contribution in [2.45, 2.75) is 0 Å². The fourth-order valence-electron chi connectivity index (χ4n) is 2.00. The first kappa shape index (κ1) is 22.8. The number of aromatic hydroxyl groups is 1. The van der Waals surface area contributed by atoms with Crippen LogP contribution in [0.15, 0.2) is 46.7 Å². The van der Waals surface area contributed by atoms with Crippen LogP contribution in [0.25, 0.3) is 0 Å². The van der Waals surface area contributed by atoms with Gasteiger partial charge in [-0.05, 0) is 23.4 Å². The van der Waals surface area contributed by atoms with Crippen LogP contribution in [-0.2, 0) is 4.79 Å². The van der Waals surface area contributed by atoms with Crippen molar-refractivity contribution >= 4 is 29.4 Å². The second-order valence-electron chi connectivity index (χ2n) is 5.24. The van der Waals surface area contributed by atoms with Crippen LogP contribution in [0.1, 0.15) is 15.9 Å².